The molecular weight excluding hydrogens is 426 g/mol. The minimum Gasteiger partial charge on any atom is -0.494 e. The summed E-state index contributed by atoms with van der Waals surface area (Å²) in [6.07, 6.45) is 3.87. The summed E-state index contributed by atoms with van der Waals surface area (Å²) < 4.78 is 6.65. The number of ether oxygens (including phenoxy) is 1. The lowest BCUT2D eigenvalue weighted by Gasteiger charge is -2.21. The highest BCUT2D eigenvalue weighted by molar-refractivity contribution is 9.10. The van der Waals surface area contributed by atoms with Crippen molar-refractivity contribution in [1.82, 2.24) is 0 Å². The Labute approximate surface area is 179 Å². The van der Waals surface area contributed by atoms with Crippen LogP contribution in [0.5, 0.6) is 5.75 Å². The zero-order valence-electron chi connectivity index (χ0n) is 16.0. The molecule has 0 unspecified atom stereocenters. The highest BCUT2D eigenvalue weighted by Crippen LogP contribution is 2.36. The van der Waals surface area contributed by atoms with Crippen LogP contribution in [0.25, 0.3) is 11.8 Å². The number of hydrogen-bond donors (Lipinski definition) is 0. The van der Waals surface area contributed by atoms with E-state index in [0.29, 0.717) is 12.2 Å². The van der Waals surface area contributed by atoms with E-state index >= 15 is 0 Å². The Morgan fingerprint density at radius 1 is 0.966 bits per heavy atom. The average Bonchev–Trinajstić information content (AvgIpc) is 3.07. The monoisotopic (exact) mass is 445 g/mol. The fraction of sp³-hybridized carbons (Fsp3) is 0.0800. The first-order valence-corrected chi connectivity index (χ1v) is 10.3. The zero-order chi connectivity index (χ0) is 20.2. The summed E-state index contributed by atoms with van der Waals surface area (Å²) in [6.45, 7) is 2.52. The summed E-state index contributed by atoms with van der Waals surface area (Å²) in [6, 6.07) is 25.5. The van der Waals surface area contributed by atoms with Crippen molar-refractivity contribution in [1.29, 1.82) is 0 Å². The lowest BCUT2D eigenvalue weighted by molar-refractivity contribution is -0.113. The Balaban J connectivity index is 1.79. The molecule has 1 aliphatic heterocycles. The first-order chi connectivity index (χ1) is 14.2. The molecular formula is C25H20BrNO2. The maximum Gasteiger partial charge on any atom is 0.262 e. The first-order valence-electron chi connectivity index (χ1n) is 9.47. The van der Waals surface area contributed by atoms with Crippen molar-refractivity contribution < 1.29 is 9.53 Å². The number of carbonyl (C=O) groups is 1. The number of nitrogens with zero attached hydrogens (tertiary/aromatic N) is 1. The molecule has 0 radical (unpaired) electrons. The highest BCUT2D eigenvalue weighted by Gasteiger charge is 2.30. The van der Waals surface area contributed by atoms with Crippen LogP contribution in [-0.2, 0) is 4.79 Å². The molecule has 4 rings (SSSR count). The summed E-state index contributed by atoms with van der Waals surface area (Å²) >= 11 is 3.45. The van der Waals surface area contributed by atoms with Gasteiger partial charge in [-0.15, -0.1) is 0 Å². The third-order valence-corrected chi connectivity index (χ3v) is 5.16. The summed E-state index contributed by atoms with van der Waals surface area (Å²) in [5.74, 6) is 0.691. The second kappa shape index (κ2) is 8.50. The van der Waals surface area contributed by atoms with E-state index in [-0.39, 0.29) is 5.91 Å². The number of rotatable bonds is 5. The fourth-order valence-electron chi connectivity index (χ4n) is 3.31. The number of benzene rings is 3. The molecule has 3 nitrogen and oxygen atoms in total. The molecule has 0 aromatic heterocycles. The molecule has 1 amide bonds. The normalized spacial score (nSPS) is 15.0. The molecule has 3 aromatic rings. The van der Waals surface area contributed by atoms with Crippen molar-refractivity contribution in [2.24, 2.45) is 0 Å². The Bertz CT molecular complexity index is 1090. The van der Waals surface area contributed by atoms with Crippen molar-refractivity contribution >= 4 is 39.3 Å². The van der Waals surface area contributed by atoms with Crippen molar-refractivity contribution in [3.8, 4) is 5.75 Å². The molecule has 0 saturated carbocycles. The minimum absolute atomic E-state index is 0.0552. The maximum atomic E-state index is 13.4. The molecule has 0 aliphatic carbocycles. The Hall–Kier alpha value is -3.11. The van der Waals surface area contributed by atoms with Crippen LogP contribution in [0.15, 0.2) is 95.0 Å². The fourth-order valence-corrected chi connectivity index (χ4v) is 3.58. The van der Waals surface area contributed by atoms with Gasteiger partial charge in [0.1, 0.15) is 5.75 Å². The minimum atomic E-state index is -0.0552. The van der Waals surface area contributed by atoms with Crippen LogP contribution in [-0.4, -0.2) is 12.5 Å². The van der Waals surface area contributed by atoms with E-state index in [4.69, 9.17) is 4.74 Å². The molecule has 0 bridgehead atoms. The van der Waals surface area contributed by atoms with Crippen LogP contribution < -0.4 is 9.64 Å². The summed E-state index contributed by atoms with van der Waals surface area (Å²) in [7, 11) is 0. The molecule has 0 saturated heterocycles. The van der Waals surface area contributed by atoms with Gasteiger partial charge in [0.2, 0.25) is 0 Å². The quantitative estimate of drug-likeness (QED) is 0.430. The molecule has 0 atom stereocenters. The summed E-state index contributed by atoms with van der Waals surface area (Å²) in [5, 5.41) is 0. The largest absolute Gasteiger partial charge is 0.494 e. The SMILES string of the molecule is CCOc1cccc(N2C(=O)/C(=C/c3ccc(Br)cc3)C=C2c2ccccc2)c1. The molecule has 3 aromatic carbocycles. The molecule has 1 heterocycles. The smallest absolute Gasteiger partial charge is 0.262 e. The van der Waals surface area contributed by atoms with Crippen LogP contribution in [0.3, 0.4) is 0 Å². The van der Waals surface area contributed by atoms with Crippen molar-refractivity contribution in [2.45, 2.75) is 6.92 Å². The van der Waals surface area contributed by atoms with Crippen LogP contribution in [0, 0.1) is 0 Å². The Kier molecular flexibility index (Phi) is 5.63. The average molecular weight is 446 g/mol. The van der Waals surface area contributed by atoms with E-state index in [9.17, 15) is 4.79 Å². The molecule has 0 fully saturated rings. The van der Waals surface area contributed by atoms with Gasteiger partial charge in [-0.25, -0.2) is 0 Å². The standard InChI is InChI=1S/C25H20BrNO2/c1-2-29-23-10-6-9-22(17-23)27-24(19-7-4-3-5-8-19)16-20(25(27)28)15-18-11-13-21(26)14-12-18/h3-17H,2H2,1H3/b20-15+. The van der Waals surface area contributed by atoms with Gasteiger partial charge < -0.3 is 4.74 Å². The third kappa shape index (κ3) is 4.17. The summed E-state index contributed by atoms with van der Waals surface area (Å²) in [4.78, 5) is 15.1. The Morgan fingerprint density at radius 3 is 2.45 bits per heavy atom. The maximum absolute atomic E-state index is 13.4. The van der Waals surface area contributed by atoms with Gasteiger partial charge in [0.05, 0.1) is 18.0 Å². The second-order valence-corrected chi connectivity index (χ2v) is 7.53. The number of anilines is 1. The van der Waals surface area contributed by atoms with E-state index in [1.807, 2.05) is 97.9 Å². The van der Waals surface area contributed by atoms with Crippen LogP contribution in [0.1, 0.15) is 18.1 Å². The third-order valence-electron chi connectivity index (χ3n) is 4.63. The molecule has 29 heavy (non-hydrogen) atoms. The lowest BCUT2D eigenvalue weighted by Crippen LogP contribution is -2.25. The molecule has 0 N–H and O–H groups in total. The van der Waals surface area contributed by atoms with Crippen molar-refractivity contribution in [3.05, 3.63) is 106 Å². The van der Waals surface area contributed by atoms with Gasteiger partial charge in [0.15, 0.2) is 0 Å². The van der Waals surface area contributed by atoms with Gasteiger partial charge in [0, 0.05) is 16.1 Å². The van der Waals surface area contributed by atoms with Crippen LogP contribution in [0.2, 0.25) is 0 Å². The Morgan fingerprint density at radius 2 is 1.72 bits per heavy atom. The highest BCUT2D eigenvalue weighted by atomic mass is 79.9. The van der Waals surface area contributed by atoms with E-state index in [1.165, 1.54) is 0 Å². The zero-order valence-corrected chi connectivity index (χ0v) is 17.6. The van der Waals surface area contributed by atoms with Gasteiger partial charge in [-0.2, -0.15) is 0 Å². The van der Waals surface area contributed by atoms with Gasteiger partial charge in [0.25, 0.3) is 5.91 Å². The van der Waals surface area contributed by atoms with E-state index in [1.54, 1.807) is 4.90 Å². The topological polar surface area (TPSA) is 29.5 Å². The van der Waals surface area contributed by atoms with E-state index in [2.05, 4.69) is 15.9 Å². The lowest BCUT2D eigenvalue weighted by atomic mass is 10.1. The van der Waals surface area contributed by atoms with E-state index in [0.717, 1.165) is 32.7 Å². The van der Waals surface area contributed by atoms with Gasteiger partial charge in [-0.1, -0.05) is 64.5 Å². The number of hydrogen-bond acceptors (Lipinski definition) is 2. The van der Waals surface area contributed by atoms with Crippen molar-refractivity contribution in [2.75, 3.05) is 11.5 Å². The van der Waals surface area contributed by atoms with Crippen LogP contribution in [0.4, 0.5) is 5.69 Å². The number of amides is 1. The molecule has 0 spiro atoms. The summed E-state index contributed by atoms with van der Waals surface area (Å²) in [5.41, 5.74) is 4.25. The molecule has 144 valence electrons. The first kappa shape index (κ1) is 19.2. The van der Waals surface area contributed by atoms with Gasteiger partial charge >= 0.3 is 0 Å². The number of halogens is 1. The predicted octanol–water partition coefficient (Wildman–Crippen LogP) is 6.32. The van der Waals surface area contributed by atoms with Crippen molar-refractivity contribution in [3.63, 3.8) is 0 Å². The predicted molar refractivity (Wildman–Crippen MR) is 122 cm³/mol. The number of carbonyl (C=O) groups excluding carboxylic acids is 1. The van der Waals surface area contributed by atoms with Crippen LogP contribution >= 0.6 is 15.9 Å². The molecule has 4 heteroatoms. The van der Waals surface area contributed by atoms with E-state index < -0.39 is 0 Å². The van der Waals surface area contributed by atoms with Gasteiger partial charge in [-0.3, -0.25) is 9.69 Å². The molecule has 1 aliphatic rings. The second-order valence-electron chi connectivity index (χ2n) is 6.62. The van der Waals surface area contributed by atoms with Gasteiger partial charge in [-0.05, 0) is 54.5 Å².